The molecule has 0 saturated heterocycles. The van der Waals surface area contributed by atoms with Gasteiger partial charge in [-0.2, -0.15) is 0 Å². The molecule has 1 saturated carbocycles. The summed E-state index contributed by atoms with van der Waals surface area (Å²) in [6.07, 6.45) is 4.63. The molecule has 2 rings (SSSR count). The van der Waals surface area contributed by atoms with Gasteiger partial charge >= 0.3 is 0 Å². The number of rotatable bonds is 4. The van der Waals surface area contributed by atoms with Gasteiger partial charge in [0.1, 0.15) is 0 Å². The van der Waals surface area contributed by atoms with Gasteiger partial charge < -0.3 is 5.11 Å². The molecule has 0 bridgehead atoms. The van der Waals surface area contributed by atoms with Crippen LogP contribution in [-0.2, 0) is 0 Å². The van der Waals surface area contributed by atoms with Crippen molar-refractivity contribution in [2.45, 2.75) is 58.5 Å². The van der Waals surface area contributed by atoms with Crippen LogP contribution < -0.4 is 0 Å². The van der Waals surface area contributed by atoms with Gasteiger partial charge in [-0.25, -0.2) is 0 Å². The van der Waals surface area contributed by atoms with Gasteiger partial charge in [-0.15, -0.1) is 0 Å². The van der Waals surface area contributed by atoms with Crippen molar-refractivity contribution in [3.63, 3.8) is 0 Å². The molecule has 1 aliphatic rings. The number of hydrogen-bond donors (Lipinski definition) is 1. The molecule has 1 aromatic carbocycles. The topological polar surface area (TPSA) is 20.2 Å². The third-order valence-corrected chi connectivity index (χ3v) is 4.45. The van der Waals surface area contributed by atoms with Crippen molar-refractivity contribution in [2.75, 3.05) is 0 Å². The number of hydrogen-bond acceptors (Lipinski definition) is 1. The van der Waals surface area contributed by atoms with Crippen molar-refractivity contribution in [1.29, 1.82) is 0 Å². The summed E-state index contributed by atoms with van der Waals surface area (Å²) >= 11 is 0. The smallest absolute Gasteiger partial charge is 0.0840 e. The predicted octanol–water partition coefficient (Wildman–Crippen LogP) is 4.42. The van der Waals surface area contributed by atoms with E-state index in [4.69, 9.17) is 0 Å². The standard InChI is InChI=1S/C16H24O/c1-4-16(2,3)15(17)14-10-6-9-13(11-14)12-7-5-8-12/h6,9-12,15,17H,4-5,7-8H2,1-3H3. The fourth-order valence-corrected chi connectivity index (χ4v) is 2.37. The van der Waals surface area contributed by atoms with Crippen LogP contribution in [0.5, 0.6) is 0 Å². The molecule has 1 aliphatic carbocycles. The lowest BCUT2D eigenvalue weighted by Gasteiger charge is -2.31. The Kier molecular flexibility index (Phi) is 3.58. The highest BCUT2D eigenvalue weighted by Gasteiger charge is 2.28. The van der Waals surface area contributed by atoms with E-state index in [9.17, 15) is 5.11 Å². The maximum atomic E-state index is 10.4. The van der Waals surface area contributed by atoms with E-state index in [1.54, 1.807) is 0 Å². The molecule has 1 unspecified atom stereocenters. The number of aliphatic hydroxyl groups is 1. The molecular formula is C16H24O. The molecule has 0 heterocycles. The average Bonchev–Trinajstić information content (AvgIpc) is 2.26. The molecule has 1 heteroatoms. The third kappa shape index (κ3) is 2.55. The minimum absolute atomic E-state index is 0.0434. The molecule has 1 N–H and O–H groups in total. The fraction of sp³-hybridized carbons (Fsp3) is 0.625. The van der Waals surface area contributed by atoms with Crippen LogP contribution in [0.3, 0.4) is 0 Å². The monoisotopic (exact) mass is 232 g/mol. The van der Waals surface area contributed by atoms with Crippen LogP contribution in [0.1, 0.15) is 69.6 Å². The Morgan fingerprint density at radius 1 is 1.35 bits per heavy atom. The zero-order valence-corrected chi connectivity index (χ0v) is 11.2. The van der Waals surface area contributed by atoms with Crippen LogP contribution >= 0.6 is 0 Å². The van der Waals surface area contributed by atoms with Crippen LogP contribution in [0.15, 0.2) is 24.3 Å². The van der Waals surface area contributed by atoms with E-state index < -0.39 is 0 Å². The number of benzene rings is 1. The van der Waals surface area contributed by atoms with Crippen LogP contribution in [0.2, 0.25) is 0 Å². The predicted molar refractivity (Wildman–Crippen MR) is 72.1 cm³/mol. The zero-order chi connectivity index (χ0) is 12.5. The SMILES string of the molecule is CCC(C)(C)C(O)c1cccc(C2CCC2)c1. The summed E-state index contributed by atoms with van der Waals surface area (Å²) in [6, 6.07) is 8.58. The maximum absolute atomic E-state index is 10.4. The molecule has 0 radical (unpaired) electrons. The highest BCUT2D eigenvalue weighted by molar-refractivity contribution is 5.29. The Balaban J connectivity index is 2.20. The lowest BCUT2D eigenvalue weighted by atomic mass is 9.77. The largest absolute Gasteiger partial charge is 0.388 e. The normalized spacial score (nSPS) is 18.8. The van der Waals surface area contributed by atoms with E-state index in [1.165, 1.54) is 24.8 Å². The van der Waals surface area contributed by atoms with Gasteiger partial charge in [0, 0.05) is 0 Å². The van der Waals surface area contributed by atoms with E-state index >= 15 is 0 Å². The Labute approximate surface area is 105 Å². The summed E-state index contributed by atoms with van der Waals surface area (Å²) in [4.78, 5) is 0. The van der Waals surface area contributed by atoms with E-state index in [2.05, 4.69) is 45.0 Å². The minimum Gasteiger partial charge on any atom is -0.388 e. The Morgan fingerprint density at radius 2 is 2.06 bits per heavy atom. The van der Waals surface area contributed by atoms with E-state index in [1.807, 2.05) is 0 Å². The Bertz CT molecular complexity index is 377. The molecule has 94 valence electrons. The van der Waals surface area contributed by atoms with Gasteiger partial charge in [0.2, 0.25) is 0 Å². The van der Waals surface area contributed by atoms with Gasteiger partial charge in [-0.1, -0.05) is 51.5 Å². The van der Waals surface area contributed by atoms with E-state index in [0.717, 1.165) is 17.9 Å². The van der Waals surface area contributed by atoms with Crippen molar-refractivity contribution in [3.8, 4) is 0 Å². The summed E-state index contributed by atoms with van der Waals surface area (Å²) in [6.45, 7) is 6.40. The Morgan fingerprint density at radius 3 is 2.59 bits per heavy atom. The van der Waals surface area contributed by atoms with Gasteiger partial charge in [0.15, 0.2) is 0 Å². The van der Waals surface area contributed by atoms with Gasteiger partial charge in [-0.05, 0) is 41.7 Å². The molecule has 17 heavy (non-hydrogen) atoms. The molecule has 1 nitrogen and oxygen atoms in total. The highest BCUT2D eigenvalue weighted by atomic mass is 16.3. The summed E-state index contributed by atoms with van der Waals surface area (Å²) in [5.41, 5.74) is 2.46. The van der Waals surface area contributed by atoms with Crippen LogP contribution in [0, 0.1) is 5.41 Å². The quantitative estimate of drug-likeness (QED) is 0.814. The van der Waals surface area contributed by atoms with Crippen LogP contribution in [0.4, 0.5) is 0 Å². The van der Waals surface area contributed by atoms with Crippen molar-refractivity contribution in [2.24, 2.45) is 5.41 Å². The first-order chi connectivity index (χ1) is 8.04. The van der Waals surface area contributed by atoms with Crippen molar-refractivity contribution in [3.05, 3.63) is 35.4 Å². The molecule has 0 amide bonds. The van der Waals surface area contributed by atoms with Gasteiger partial charge in [0.05, 0.1) is 6.10 Å². The van der Waals surface area contributed by atoms with Crippen molar-refractivity contribution in [1.82, 2.24) is 0 Å². The highest BCUT2D eigenvalue weighted by Crippen LogP contribution is 2.40. The first kappa shape index (κ1) is 12.6. The molecule has 1 atom stereocenters. The molecule has 0 spiro atoms. The van der Waals surface area contributed by atoms with Crippen molar-refractivity contribution < 1.29 is 5.11 Å². The molecular weight excluding hydrogens is 208 g/mol. The Hall–Kier alpha value is -0.820. The lowest BCUT2D eigenvalue weighted by Crippen LogP contribution is -2.21. The van der Waals surface area contributed by atoms with Gasteiger partial charge in [-0.3, -0.25) is 0 Å². The molecule has 1 aromatic rings. The third-order valence-electron chi connectivity index (χ3n) is 4.45. The average molecular weight is 232 g/mol. The summed E-state index contributed by atoms with van der Waals surface area (Å²) in [5.74, 6) is 0.742. The molecule has 0 aliphatic heterocycles. The van der Waals surface area contributed by atoms with Crippen LogP contribution in [0.25, 0.3) is 0 Å². The fourth-order valence-electron chi connectivity index (χ4n) is 2.37. The van der Waals surface area contributed by atoms with E-state index in [0.29, 0.717) is 0 Å². The number of aliphatic hydroxyl groups excluding tert-OH is 1. The van der Waals surface area contributed by atoms with Gasteiger partial charge in [0.25, 0.3) is 0 Å². The second-order valence-corrected chi connectivity index (χ2v) is 6.04. The summed E-state index contributed by atoms with van der Waals surface area (Å²) in [5, 5.41) is 10.4. The first-order valence-electron chi connectivity index (χ1n) is 6.82. The van der Waals surface area contributed by atoms with Crippen LogP contribution in [-0.4, -0.2) is 5.11 Å². The molecule has 0 aromatic heterocycles. The minimum atomic E-state index is -0.354. The van der Waals surface area contributed by atoms with E-state index in [-0.39, 0.29) is 11.5 Å². The summed E-state index contributed by atoms with van der Waals surface area (Å²) < 4.78 is 0. The molecule has 1 fully saturated rings. The van der Waals surface area contributed by atoms with Crippen molar-refractivity contribution >= 4 is 0 Å². The second kappa shape index (κ2) is 4.81. The maximum Gasteiger partial charge on any atom is 0.0840 e. The zero-order valence-electron chi connectivity index (χ0n) is 11.2. The first-order valence-corrected chi connectivity index (χ1v) is 6.82. The lowest BCUT2D eigenvalue weighted by molar-refractivity contribution is 0.0464. The summed E-state index contributed by atoms with van der Waals surface area (Å²) in [7, 11) is 0. The second-order valence-electron chi connectivity index (χ2n) is 6.04.